The number of benzene rings is 1. The van der Waals surface area contributed by atoms with Crippen LogP contribution in [0.25, 0.3) is 11.3 Å². The molecular formula is C17H20N2O3. The maximum atomic E-state index is 12.1. The van der Waals surface area contributed by atoms with Gasteiger partial charge in [-0.3, -0.25) is 4.79 Å². The third-order valence-electron chi connectivity index (χ3n) is 3.64. The van der Waals surface area contributed by atoms with E-state index in [9.17, 15) is 9.59 Å². The van der Waals surface area contributed by atoms with E-state index in [1.54, 1.807) is 6.07 Å². The molecule has 0 amide bonds. The molecule has 1 heterocycles. The van der Waals surface area contributed by atoms with Gasteiger partial charge in [-0.1, -0.05) is 30.7 Å². The van der Waals surface area contributed by atoms with E-state index in [0.29, 0.717) is 12.1 Å². The summed E-state index contributed by atoms with van der Waals surface area (Å²) in [5.74, 6) is -0.463. The summed E-state index contributed by atoms with van der Waals surface area (Å²) in [6.45, 7) is 5.84. The topological polar surface area (TPSA) is 61.2 Å². The average Bonchev–Trinajstić information content (AvgIpc) is 2.50. The molecule has 0 radical (unpaired) electrons. The zero-order valence-electron chi connectivity index (χ0n) is 13.3. The number of rotatable bonds is 4. The van der Waals surface area contributed by atoms with Gasteiger partial charge in [-0.25, -0.2) is 9.48 Å². The van der Waals surface area contributed by atoms with Crippen LogP contribution in [0.4, 0.5) is 0 Å². The first-order valence-electron chi connectivity index (χ1n) is 7.23. The van der Waals surface area contributed by atoms with Gasteiger partial charge in [0.15, 0.2) is 6.04 Å². The number of nitrogens with zero attached hydrogens (tertiary/aromatic N) is 2. The van der Waals surface area contributed by atoms with Crippen LogP contribution >= 0.6 is 0 Å². The highest BCUT2D eigenvalue weighted by Crippen LogP contribution is 2.22. The average molecular weight is 300 g/mol. The summed E-state index contributed by atoms with van der Waals surface area (Å²) in [7, 11) is 1.31. The highest BCUT2D eigenvalue weighted by Gasteiger charge is 2.22. The smallest absolute Gasteiger partial charge is 0.330 e. The number of aryl methyl sites for hydroxylation is 2. The fourth-order valence-electron chi connectivity index (χ4n) is 2.47. The second-order valence-electron chi connectivity index (χ2n) is 5.27. The van der Waals surface area contributed by atoms with Crippen molar-refractivity contribution in [2.24, 2.45) is 0 Å². The summed E-state index contributed by atoms with van der Waals surface area (Å²) >= 11 is 0. The molecule has 5 heteroatoms. The predicted molar refractivity (Wildman–Crippen MR) is 84.8 cm³/mol. The second-order valence-corrected chi connectivity index (χ2v) is 5.27. The number of hydrogen-bond donors (Lipinski definition) is 0. The van der Waals surface area contributed by atoms with Crippen LogP contribution in [0.5, 0.6) is 0 Å². The van der Waals surface area contributed by atoms with E-state index in [1.807, 2.05) is 32.9 Å². The summed E-state index contributed by atoms with van der Waals surface area (Å²) in [6.07, 6.45) is 0.440. The van der Waals surface area contributed by atoms with Crippen LogP contribution in [0.2, 0.25) is 0 Å². The highest BCUT2D eigenvalue weighted by molar-refractivity contribution is 5.74. The van der Waals surface area contributed by atoms with E-state index < -0.39 is 12.0 Å². The van der Waals surface area contributed by atoms with E-state index in [4.69, 9.17) is 4.74 Å². The number of carbonyl (C=O) groups is 1. The Morgan fingerprint density at radius 3 is 2.59 bits per heavy atom. The lowest BCUT2D eigenvalue weighted by Crippen LogP contribution is -2.32. The van der Waals surface area contributed by atoms with Gasteiger partial charge in [0, 0.05) is 11.6 Å². The van der Waals surface area contributed by atoms with Crippen molar-refractivity contribution in [1.82, 2.24) is 9.78 Å². The zero-order valence-corrected chi connectivity index (χ0v) is 13.3. The predicted octanol–water partition coefficient (Wildman–Crippen LogP) is 2.65. The molecule has 0 saturated carbocycles. The van der Waals surface area contributed by atoms with Gasteiger partial charge in [0.1, 0.15) is 0 Å². The van der Waals surface area contributed by atoms with Gasteiger partial charge in [0.05, 0.1) is 12.8 Å². The van der Waals surface area contributed by atoms with Gasteiger partial charge < -0.3 is 4.74 Å². The fraction of sp³-hybridized carbons (Fsp3) is 0.353. The standard InChI is InChI=1S/C17H20N2O3/c1-5-15(17(21)22-4)19-16(20)9-8-14(18-19)13-7-6-11(2)10-12(13)3/h6-10,15H,5H2,1-4H3/t15-/m0/s1. The number of esters is 1. The van der Waals surface area contributed by atoms with Gasteiger partial charge in [-0.05, 0) is 31.9 Å². The Bertz CT molecular complexity index is 750. The minimum atomic E-state index is -0.705. The van der Waals surface area contributed by atoms with Crippen molar-refractivity contribution in [1.29, 1.82) is 0 Å². The maximum Gasteiger partial charge on any atom is 0.330 e. The quantitative estimate of drug-likeness (QED) is 0.814. The number of hydrogen-bond acceptors (Lipinski definition) is 4. The third kappa shape index (κ3) is 3.08. The Morgan fingerprint density at radius 1 is 1.27 bits per heavy atom. The number of ether oxygens (including phenoxy) is 1. The number of carbonyl (C=O) groups excluding carboxylic acids is 1. The van der Waals surface area contributed by atoms with Crippen molar-refractivity contribution >= 4 is 5.97 Å². The Kier molecular flexibility index (Phi) is 4.75. The Balaban J connectivity index is 2.55. The van der Waals surface area contributed by atoms with Crippen molar-refractivity contribution < 1.29 is 9.53 Å². The molecule has 1 atom stereocenters. The summed E-state index contributed by atoms with van der Waals surface area (Å²) in [5.41, 5.74) is 3.53. The first-order chi connectivity index (χ1) is 10.5. The van der Waals surface area contributed by atoms with Crippen molar-refractivity contribution in [3.8, 4) is 11.3 Å². The molecule has 0 aliphatic carbocycles. The number of aromatic nitrogens is 2. The van der Waals surface area contributed by atoms with Crippen LogP contribution < -0.4 is 5.56 Å². The first kappa shape index (κ1) is 15.9. The fourth-order valence-corrected chi connectivity index (χ4v) is 2.47. The van der Waals surface area contributed by atoms with Crippen LogP contribution in [-0.4, -0.2) is 22.9 Å². The number of methoxy groups -OCH3 is 1. The minimum absolute atomic E-state index is 0.314. The van der Waals surface area contributed by atoms with E-state index in [-0.39, 0.29) is 5.56 Å². The van der Waals surface area contributed by atoms with Crippen LogP contribution in [0.3, 0.4) is 0 Å². The molecule has 0 aliphatic rings. The van der Waals surface area contributed by atoms with Crippen LogP contribution in [-0.2, 0) is 9.53 Å². The summed E-state index contributed by atoms with van der Waals surface area (Å²) in [4.78, 5) is 23.9. The Hall–Kier alpha value is -2.43. The molecule has 0 N–H and O–H groups in total. The molecule has 0 fully saturated rings. The second kappa shape index (κ2) is 6.56. The summed E-state index contributed by atoms with van der Waals surface area (Å²) in [5, 5.41) is 4.38. The monoisotopic (exact) mass is 300 g/mol. The molecule has 116 valence electrons. The SMILES string of the molecule is CC[C@@H](C(=O)OC)n1nc(-c2ccc(C)cc2C)ccc1=O. The van der Waals surface area contributed by atoms with Crippen LogP contribution in [0, 0.1) is 13.8 Å². The molecule has 0 aliphatic heterocycles. The highest BCUT2D eigenvalue weighted by atomic mass is 16.5. The van der Waals surface area contributed by atoms with E-state index in [2.05, 4.69) is 11.2 Å². The van der Waals surface area contributed by atoms with Crippen molar-refractivity contribution in [3.05, 3.63) is 51.8 Å². The van der Waals surface area contributed by atoms with Gasteiger partial charge in [0.2, 0.25) is 0 Å². The molecule has 2 aromatic rings. The van der Waals surface area contributed by atoms with Gasteiger partial charge in [0.25, 0.3) is 5.56 Å². The maximum absolute atomic E-state index is 12.1. The molecule has 0 spiro atoms. The molecule has 0 bridgehead atoms. The molecule has 0 unspecified atom stereocenters. The van der Waals surface area contributed by atoms with E-state index in [1.165, 1.54) is 17.9 Å². The minimum Gasteiger partial charge on any atom is -0.467 e. The van der Waals surface area contributed by atoms with Crippen molar-refractivity contribution in [2.75, 3.05) is 7.11 Å². The lowest BCUT2D eigenvalue weighted by molar-refractivity contribution is -0.145. The Labute approximate surface area is 129 Å². The van der Waals surface area contributed by atoms with Gasteiger partial charge in [-0.15, -0.1) is 0 Å². The molecular weight excluding hydrogens is 280 g/mol. The van der Waals surface area contributed by atoms with Gasteiger partial charge in [-0.2, -0.15) is 5.10 Å². The summed E-state index contributed by atoms with van der Waals surface area (Å²) < 4.78 is 5.97. The normalized spacial score (nSPS) is 12.0. The largest absolute Gasteiger partial charge is 0.467 e. The summed E-state index contributed by atoms with van der Waals surface area (Å²) in [6, 6.07) is 8.44. The van der Waals surface area contributed by atoms with E-state index in [0.717, 1.165) is 16.7 Å². The molecule has 22 heavy (non-hydrogen) atoms. The molecule has 2 rings (SSSR count). The van der Waals surface area contributed by atoms with Crippen molar-refractivity contribution in [2.45, 2.75) is 33.2 Å². The van der Waals surface area contributed by atoms with E-state index >= 15 is 0 Å². The lowest BCUT2D eigenvalue weighted by Gasteiger charge is -2.16. The van der Waals surface area contributed by atoms with Crippen LogP contribution in [0.1, 0.15) is 30.5 Å². The van der Waals surface area contributed by atoms with Crippen LogP contribution in [0.15, 0.2) is 35.1 Å². The van der Waals surface area contributed by atoms with Crippen molar-refractivity contribution in [3.63, 3.8) is 0 Å². The molecule has 1 aromatic heterocycles. The first-order valence-corrected chi connectivity index (χ1v) is 7.23. The Morgan fingerprint density at radius 2 is 2.00 bits per heavy atom. The lowest BCUT2D eigenvalue weighted by atomic mass is 10.0. The molecule has 1 aromatic carbocycles. The zero-order chi connectivity index (χ0) is 16.3. The van der Waals surface area contributed by atoms with Gasteiger partial charge >= 0.3 is 5.97 Å². The molecule has 5 nitrogen and oxygen atoms in total. The molecule has 0 saturated heterocycles. The third-order valence-corrected chi connectivity index (χ3v) is 3.64.